The molecule has 1 N–H and O–H groups in total. The lowest BCUT2D eigenvalue weighted by Crippen LogP contribution is -2.34. The van der Waals surface area contributed by atoms with Crippen molar-refractivity contribution in [3.8, 4) is 0 Å². The molecule has 0 aliphatic rings. The average Bonchev–Trinajstić information content (AvgIpc) is 2.09. The Bertz CT molecular complexity index is 239. The first-order chi connectivity index (χ1) is 6.37. The van der Waals surface area contributed by atoms with E-state index in [1.165, 1.54) is 6.26 Å². The molecule has 0 spiro atoms. The van der Waals surface area contributed by atoms with Gasteiger partial charge in [-0.3, -0.25) is 0 Å². The Balaban J connectivity index is 3.78. The van der Waals surface area contributed by atoms with E-state index >= 15 is 0 Å². The quantitative estimate of drug-likeness (QED) is 0.657. The summed E-state index contributed by atoms with van der Waals surface area (Å²) in [6, 6.07) is 0.421. The standard InChI is InChI=1S/C9H22N2O2S/c1-9(5-6-10-2)11(3)7-8-14(4,12)13/h9-10H,5-8H2,1-4H3. The van der Waals surface area contributed by atoms with Gasteiger partial charge in [-0.05, 0) is 34.0 Å². The Morgan fingerprint density at radius 1 is 1.43 bits per heavy atom. The molecule has 0 fully saturated rings. The Morgan fingerprint density at radius 3 is 2.43 bits per heavy atom. The largest absolute Gasteiger partial charge is 0.320 e. The fraction of sp³-hybridized carbons (Fsp3) is 1.00. The van der Waals surface area contributed by atoms with Crippen LogP contribution in [0.5, 0.6) is 0 Å². The van der Waals surface area contributed by atoms with E-state index in [9.17, 15) is 8.42 Å². The van der Waals surface area contributed by atoms with Gasteiger partial charge in [0.05, 0.1) is 5.75 Å². The zero-order valence-electron chi connectivity index (χ0n) is 9.58. The number of rotatable bonds is 7. The van der Waals surface area contributed by atoms with Crippen molar-refractivity contribution < 1.29 is 8.42 Å². The van der Waals surface area contributed by atoms with E-state index in [1.54, 1.807) is 0 Å². The molecule has 0 saturated heterocycles. The molecule has 0 aliphatic carbocycles. The van der Waals surface area contributed by atoms with Crippen LogP contribution >= 0.6 is 0 Å². The van der Waals surface area contributed by atoms with Crippen molar-refractivity contribution in [3.63, 3.8) is 0 Å². The maximum Gasteiger partial charge on any atom is 0.148 e. The fourth-order valence-electron chi connectivity index (χ4n) is 1.10. The molecule has 5 heteroatoms. The van der Waals surface area contributed by atoms with Gasteiger partial charge in [-0.15, -0.1) is 0 Å². The second-order valence-corrected chi connectivity index (χ2v) is 6.11. The van der Waals surface area contributed by atoms with Crippen LogP contribution in [0.1, 0.15) is 13.3 Å². The van der Waals surface area contributed by atoms with Gasteiger partial charge in [0.2, 0.25) is 0 Å². The van der Waals surface area contributed by atoms with E-state index in [1.807, 2.05) is 14.1 Å². The van der Waals surface area contributed by atoms with Crippen LogP contribution in [0.2, 0.25) is 0 Å². The Morgan fingerprint density at radius 2 is 2.00 bits per heavy atom. The maximum atomic E-state index is 10.9. The molecule has 1 atom stereocenters. The van der Waals surface area contributed by atoms with Crippen LogP contribution in [0.3, 0.4) is 0 Å². The van der Waals surface area contributed by atoms with Crippen molar-refractivity contribution >= 4 is 9.84 Å². The SMILES string of the molecule is CNCCC(C)N(C)CCS(C)(=O)=O. The smallest absolute Gasteiger partial charge is 0.148 e. The highest BCUT2D eigenvalue weighted by molar-refractivity contribution is 7.90. The number of hydrogen-bond donors (Lipinski definition) is 1. The van der Waals surface area contributed by atoms with Crippen molar-refractivity contribution in [1.29, 1.82) is 0 Å². The highest BCUT2D eigenvalue weighted by Crippen LogP contribution is 2.00. The molecule has 0 bridgehead atoms. The summed E-state index contributed by atoms with van der Waals surface area (Å²) < 4.78 is 21.9. The van der Waals surface area contributed by atoms with E-state index in [4.69, 9.17) is 0 Å². The van der Waals surface area contributed by atoms with Gasteiger partial charge in [0.15, 0.2) is 0 Å². The molecular formula is C9H22N2O2S. The summed E-state index contributed by atoms with van der Waals surface area (Å²) in [6.07, 6.45) is 2.32. The molecule has 86 valence electrons. The molecule has 0 rings (SSSR count). The van der Waals surface area contributed by atoms with Gasteiger partial charge in [0.25, 0.3) is 0 Å². The minimum atomic E-state index is -2.83. The first-order valence-corrected chi connectivity index (χ1v) is 6.95. The van der Waals surface area contributed by atoms with E-state index < -0.39 is 9.84 Å². The summed E-state index contributed by atoms with van der Waals surface area (Å²) in [5.74, 6) is 0.243. The van der Waals surface area contributed by atoms with Crippen LogP contribution in [0.4, 0.5) is 0 Å². The third-order valence-electron chi connectivity index (χ3n) is 2.38. The van der Waals surface area contributed by atoms with Crippen LogP contribution in [0.25, 0.3) is 0 Å². The van der Waals surface area contributed by atoms with Gasteiger partial charge in [0.1, 0.15) is 9.84 Å². The summed E-state index contributed by atoms with van der Waals surface area (Å²) in [6.45, 7) is 3.69. The molecule has 0 saturated carbocycles. The predicted molar refractivity (Wildman–Crippen MR) is 60.3 cm³/mol. The fourth-order valence-corrected chi connectivity index (χ4v) is 1.72. The van der Waals surface area contributed by atoms with Gasteiger partial charge in [0, 0.05) is 18.8 Å². The van der Waals surface area contributed by atoms with Crippen LogP contribution in [0.15, 0.2) is 0 Å². The molecule has 0 heterocycles. The average molecular weight is 222 g/mol. The molecule has 0 amide bonds. The second-order valence-electron chi connectivity index (χ2n) is 3.85. The minimum Gasteiger partial charge on any atom is -0.320 e. The van der Waals surface area contributed by atoms with Crippen molar-refractivity contribution in [2.75, 3.05) is 39.2 Å². The summed E-state index contributed by atoms with van der Waals surface area (Å²) in [5.41, 5.74) is 0. The third kappa shape index (κ3) is 7.29. The van der Waals surface area contributed by atoms with Crippen LogP contribution in [0, 0.1) is 0 Å². The first kappa shape index (κ1) is 13.9. The van der Waals surface area contributed by atoms with E-state index in [0.717, 1.165) is 13.0 Å². The summed E-state index contributed by atoms with van der Waals surface area (Å²) in [7, 11) is 1.05. The van der Waals surface area contributed by atoms with E-state index in [-0.39, 0.29) is 5.75 Å². The molecule has 0 aromatic carbocycles. The predicted octanol–water partition coefficient (Wildman–Crippen LogP) is -0.0392. The lowest BCUT2D eigenvalue weighted by Gasteiger charge is -2.24. The second kappa shape index (κ2) is 6.37. The zero-order valence-corrected chi connectivity index (χ0v) is 10.4. The van der Waals surface area contributed by atoms with Crippen LogP contribution in [-0.4, -0.2) is 58.6 Å². The van der Waals surface area contributed by atoms with Crippen molar-refractivity contribution in [2.45, 2.75) is 19.4 Å². The summed E-state index contributed by atoms with van der Waals surface area (Å²) >= 11 is 0. The van der Waals surface area contributed by atoms with Crippen LogP contribution in [-0.2, 0) is 9.84 Å². The van der Waals surface area contributed by atoms with E-state index in [0.29, 0.717) is 12.6 Å². The molecule has 0 aliphatic heterocycles. The highest BCUT2D eigenvalue weighted by Gasteiger charge is 2.10. The number of hydrogen-bond acceptors (Lipinski definition) is 4. The Kier molecular flexibility index (Phi) is 6.31. The van der Waals surface area contributed by atoms with Crippen molar-refractivity contribution in [3.05, 3.63) is 0 Å². The number of nitrogens with one attached hydrogen (secondary N) is 1. The number of sulfone groups is 1. The lowest BCUT2D eigenvalue weighted by molar-refractivity contribution is 0.259. The highest BCUT2D eigenvalue weighted by atomic mass is 32.2. The van der Waals surface area contributed by atoms with Gasteiger partial charge < -0.3 is 10.2 Å². The third-order valence-corrected chi connectivity index (χ3v) is 3.30. The van der Waals surface area contributed by atoms with Crippen molar-refractivity contribution in [1.82, 2.24) is 10.2 Å². The zero-order chi connectivity index (χ0) is 11.2. The van der Waals surface area contributed by atoms with Crippen molar-refractivity contribution in [2.24, 2.45) is 0 Å². The normalized spacial score (nSPS) is 14.6. The molecule has 0 aromatic rings. The van der Waals surface area contributed by atoms with E-state index in [2.05, 4.69) is 17.1 Å². The number of nitrogens with zero attached hydrogens (tertiary/aromatic N) is 1. The molecule has 4 nitrogen and oxygen atoms in total. The monoisotopic (exact) mass is 222 g/mol. The lowest BCUT2D eigenvalue weighted by atomic mass is 10.2. The topological polar surface area (TPSA) is 49.4 Å². The summed E-state index contributed by atoms with van der Waals surface area (Å²) in [5, 5.41) is 3.08. The first-order valence-electron chi connectivity index (χ1n) is 4.89. The van der Waals surface area contributed by atoms with Gasteiger partial charge in [-0.2, -0.15) is 0 Å². The Hall–Kier alpha value is -0.130. The molecule has 1 unspecified atom stereocenters. The molecule has 14 heavy (non-hydrogen) atoms. The maximum absolute atomic E-state index is 10.9. The molecule has 0 radical (unpaired) electrons. The van der Waals surface area contributed by atoms with Gasteiger partial charge in [-0.1, -0.05) is 0 Å². The van der Waals surface area contributed by atoms with Crippen LogP contribution < -0.4 is 5.32 Å². The molecular weight excluding hydrogens is 200 g/mol. The Labute approximate surface area is 87.6 Å². The molecule has 0 aromatic heterocycles. The minimum absolute atomic E-state index is 0.243. The summed E-state index contributed by atoms with van der Waals surface area (Å²) in [4.78, 5) is 2.08. The van der Waals surface area contributed by atoms with Gasteiger partial charge >= 0.3 is 0 Å². The van der Waals surface area contributed by atoms with Gasteiger partial charge in [-0.25, -0.2) is 8.42 Å².